The number of likely N-dealkylation sites (N-methyl/N-ethyl adjacent to an activating group) is 1. The molecule has 4 rings (SSSR count). The molecule has 28 heavy (non-hydrogen) atoms. The number of hydrogen-bond donors (Lipinski definition) is 0. The lowest BCUT2D eigenvalue weighted by Crippen LogP contribution is -2.40. The van der Waals surface area contributed by atoms with Crippen LogP contribution in [0, 0.1) is 0 Å². The first-order valence-corrected chi connectivity index (χ1v) is 9.28. The summed E-state index contributed by atoms with van der Waals surface area (Å²) in [7, 11) is 5.20. The van der Waals surface area contributed by atoms with Gasteiger partial charge in [0.05, 0.1) is 20.3 Å². The summed E-state index contributed by atoms with van der Waals surface area (Å²) in [6.07, 6.45) is 0. The third-order valence-corrected chi connectivity index (χ3v) is 5.51. The van der Waals surface area contributed by atoms with Gasteiger partial charge in [-0.05, 0) is 47.0 Å². The SMILES string of the molecule is COc1ccc([C@H]2c3ccccc3C(=O)N(C)[C@H]2c2ccc(OC)cc2)cc1. The quantitative estimate of drug-likeness (QED) is 0.667. The average molecular weight is 373 g/mol. The zero-order valence-electron chi connectivity index (χ0n) is 16.3. The first-order valence-electron chi connectivity index (χ1n) is 9.28. The maximum atomic E-state index is 13.1. The highest BCUT2D eigenvalue weighted by molar-refractivity contribution is 5.97. The highest BCUT2D eigenvalue weighted by Gasteiger charge is 2.39. The van der Waals surface area contributed by atoms with E-state index >= 15 is 0 Å². The number of amides is 1. The molecule has 2 atom stereocenters. The Hall–Kier alpha value is -3.27. The molecule has 0 aromatic heterocycles. The number of carbonyl (C=O) groups excluding carboxylic acids is 1. The van der Waals surface area contributed by atoms with E-state index in [1.165, 1.54) is 0 Å². The second-order valence-corrected chi connectivity index (χ2v) is 6.97. The van der Waals surface area contributed by atoms with Crippen LogP contribution in [0.5, 0.6) is 11.5 Å². The fourth-order valence-corrected chi connectivity index (χ4v) is 4.06. The summed E-state index contributed by atoms with van der Waals surface area (Å²) in [5.74, 6) is 1.69. The van der Waals surface area contributed by atoms with Gasteiger partial charge in [0, 0.05) is 18.5 Å². The predicted molar refractivity (Wildman–Crippen MR) is 109 cm³/mol. The van der Waals surface area contributed by atoms with Crippen LogP contribution in [0.15, 0.2) is 72.8 Å². The van der Waals surface area contributed by atoms with Crippen LogP contribution >= 0.6 is 0 Å². The smallest absolute Gasteiger partial charge is 0.254 e. The largest absolute Gasteiger partial charge is 0.497 e. The molecular weight excluding hydrogens is 350 g/mol. The minimum absolute atomic E-state index is 0.0261. The predicted octanol–water partition coefficient (Wildman–Crippen LogP) is 4.66. The Labute approximate surface area is 165 Å². The van der Waals surface area contributed by atoms with Crippen LogP contribution in [0.25, 0.3) is 0 Å². The van der Waals surface area contributed by atoms with Crippen molar-refractivity contribution >= 4 is 5.91 Å². The summed E-state index contributed by atoms with van der Waals surface area (Å²) >= 11 is 0. The lowest BCUT2D eigenvalue weighted by molar-refractivity contribution is 0.0686. The van der Waals surface area contributed by atoms with Crippen molar-refractivity contribution in [2.75, 3.05) is 21.3 Å². The number of hydrogen-bond acceptors (Lipinski definition) is 3. The van der Waals surface area contributed by atoms with Crippen LogP contribution in [-0.4, -0.2) is 32.1 Å². The number of ether oxygens (including phenoxy) is 2. The number of nitrogens with zero attached hydrogens (tertiary/aromatic N) is 1. The van der Waals surface area contributed by atoms with Crippen molar-refractivity contribution in [1.82, 2.24) is 4.90 Å². The van der Waals surface area contributed by atoms with Crippen LogP contribution in [0.1, 0.15) is 39.0 Å². The van der Waals surface area contributed by atoms with Crippen molar-refractivity contribution in [3.63, 3.8) is 0 Å². The standard InChI is InChI=1S/C24H23NO3/c1-25-23(17-10-14-19(28-3)15-11-17)22(16-8-12-18(27-2)13-9-16)20-6-4-5-7-21(20)24(25)26/h4-15,22-23H,1-3H3/t22-,23-/m0/s1. The summed E-state index contributed by atoms with van der Waals surface area (Å²) < 4.78 is 10.6. The van der Waals surface area contributed by atoms with Gasteiger partial charge < -0.3 is 14.4 Å². The van der Waals surface area contributed by atoms with Crippen LogP contribution < -0.4 is 9.47 Å². The van der Waals surface area contributed by atoms with Crippen LogP contribution in [0.4, 0.5) is 0 Å². The molecule has 0 saturated heterocycles. The van der Waals surface area contributed by atoms with Gasteiger partial charge in [0.1, 0.15) is 11.5 Å². The van der Waals surface area contributed by atoms with Crippen LogP contribution in [0.3, 0.4) is 0 Å². The van der Waals surface area contributed by atoms with Gasteiger partial charge in [0.15, 0.2) is 0 Å². The zero-order chi connectivity index (χ0) is 19.7. The molecule has 0 unspecified atom stereocenters. The molecule has 4 heteroatoms. The van der Waals surface area contributed by atoms with E-state index < -0.39 is 0 Å². The van der Waals surface area contributed by atoms with E-state index in [9.17, 15) is 4.79 Å². The minimum Gasteiger partial charge on any atom is -0.497 e. The van der Waals surface area contributed by atoms with Crippen molar-refractivity contribution in [2.45, 2.75) is 12.0 Å². The summed E-state index contributed by atoms with van der Waals surface area (Å²) in [4.78, 5) is 14.9. The van der Waals surface area contributed by atoms with Crippen molar-refractivity contribution < 1.29 is 14.3 Å². The molecule has 1 aliphatic heterocycles. The molecule has 142 valence electrons. The molecular formula is C24H23NO3. The van der Waals surface area contributed by atoms with Crippen LogP contribution in [0.2, 0.25) is 0 Å². The summed E-state index contributed by atoms with van der Waals surface area (Å²) in [5.41, 5.74) is 4.03. The highest BCUT2D eigenvalue weighted by Crippen LogP contribution is 2.46. The number of benzene rings is 3. The molecule has 1 amide bonds. The molecule has 0 bridgehead atoms. The first-order chi connectivity index (χ1) is 13.6. The first kappa shape index (κ1) is 18.1. The Kier molecular flexibility index (Phi) is 4.78. The van der Waals surface area contributed by atoms with E-state index in [1.807, 2.05) is 66.5 Å². The summed E-state index contributed by atoms with van der Waals surface area (Å²) in [6.45, 7) is 0. The highest BCUT2D eigenvalue weighted by atomic mass is 16.5. The van der Waals surface area contributed by atoms with E-state index in [4.69, 9.17) is 9.47 Å². The molecule has 0 saturated carbocycles. The van der Waals surface area contributed by atoms with E-state index in [0.717, 1.165) is 33.8 Å². The lowest BCUT2D eigenvalue weighted by Gasteiger charge is -2.41. The van der Waals surface area contributed by atoms with Crippen molar-refractivity contribution in [1.29, 1.82) is 0 Å². The van der Waals surface area contributed by atoms with E-state index in [0.29, 0.717) is 0 Å². The monoisotopic (exact) mass is 373 g/mol. The van der Waals surface area contributed by atoms with Crippen molar-refractivity contribution in [3.8, 4) is 11.5 Å². The molecule has 1 heterocycles. The van der Waals surface area contributed by atoms with Gasteiger partial charge in [-0.25, -0.2) is 0 Å². The molecule has 4 nitrogen and oxygen atoms in total. The Morgan fingerprint density at radius 2 is 1.29 bits per heavy atom. The molecule has 0 aliphatic carbocycles. The number of fused-ring (bicyclic) bond motifs is 1. The Morgan fingerprint density at radius 1 is 0.750 bits per heavy atom. The zero-order valence-corrected chi connectivity index (χ0v) is 16.3. The number of carbonyl (C=O) groups is 1. The topological polar surface area (TPSA) is 38.8 Å². The number of methoxy groups -OCH3 is 2. The third-order valence-electron chi connectivity index (χ3n) is 5.51. The van der Waals surface area contributed by atoms with Crippen LogP contribution in [-0.2, 0) is 0 Å². The third kappa shape index (κ3) is 3.01. The van der Waals surface area contributed by atoms with E-state index in [-0.39, 0.29) is 17.9 Å². The maximum Gasteiger partial charge on any atom is 0.254 e. The second kappa shape index (κ2) is 7.39. The Balaban J connectivity index is 1.88. The Bertz CT molecular complexity index is 979. The van der Waals surface area contributed by atoms with Gasteiger partial charge >= 0.3 is 0 Å². The van der Waals surface area contributed by atoms with E-state index in [2.05, 4.69) is 18.2 Å². The fourth-order valence-electron chi connectivity index (χ4n) is 4.06. The number of rotatable bonds is 4. The van der Waals surface area contributed by atoms with Gasteiger partial charge in [-0.2, -0.15) is 0 Å². The summed E-state index contributed by atoms with van der Waals surface area (Å²) in [6, 6.07) is 23.9. The molecule has 0 N–H and O–H groups in total. The molecule has 0 fully saturated rings. The average Bonchev–Trinajstić information content (AvgIpc) is 2.76. The van der Waals surface area contributed by atoms with Gasteiger partial charge in [0.2, 0.25) is 0 Å². The molecule has 1 aliphatic rings. The lowest BCUT2D eigenvalue weighted by atomic mass is 9.76. The van der Waals surface area contributed by atoms with Gasteiger partial charge in [-0.3, -0.25) is 4.79 Å². The fraction of sp³-hybridized carbons (Fsp3) is 0.208. The summed E-state index contributed by atoms with van der Waals surface area (Å²) in [5, 5.41) is 0. The van der Waals surface area contributed by atoms with Gasteiger partial charge in [-0.1, -0.05) is 42.5 Å². The molecule has 0 spiro atoms. The molecule has 3 aromatic rings. The Morgan fingerprint density at radius 3 is 1.86 bits per heavy atom. The normalized spacial score (nSPS) is 18.5. The minimum atomic E-state index is -0.110. The van der Waals surface area contributed by atoms with Crippen molar-refractivity contribution in [2.24, 2.45) is 0 Å². The molecule has 0 radical (unpaired) electrons. The van der Waals surface area contributed by atoms with Gasteiger partial charge in [0.25, 0.3) is 5.91 Å². The van der Waals surface area contributed by atoms with Gasteiger partial charge in [-0.15, -0.1) is 0 Å². The molecule has 3 aromatic carbocycles. The maximum absolute atomic E-state index is 13.1. The van der Waals surface area contributed by atoms with Crippen molar-refractivity contribution in [3.05, 3.63) is 95.1 Å². The second-order valence-electron chi connectivity index (χ2n) is 6.97. The van der Waals surface area contributed by atoms with E-state index in [1.54, 1.807) is 14.2 Å².